The van der Waals surface area contributed by atoms with Gasteiger partial charge in [-0.15, -0.1) is 0 Å². The number of carbonyl (C=O) groups is 2. The maximum absolute atomic E-state index is 13.1. The monoisotopic (exact) mass is 488 g/mol. The summed E-state index contributed by atoms with van der Waals surface area (Å²) in [5, 5.41) is 10.5. The van der Waals surface area contributed by atoms with Crippen molar-refractivity contribution in [2.24, 2.45) is 0 Å². The van der Waals surface area contributed by atoms with Crippen LogP contribution in [0.25, 0.3) is 16.9 Å². The Morgan fingerprint density at radius 1 is 1.11 bits per heavy atom. The average Bonchev–Trinajstić information content (AvgIpc) is 3.30. The lowest BCUT2D eigenvalue weighted by Crippen LogP contribution is -2.45. The highest BCUT2D eigenvalue weighted by Gasteiger charge is 2.35. The molecule has 1 aromatic heterocycles. The van der Waals surface area contributed by atoms with Gasteiger partial charge in [-0.2, -0.15) is 5.10 Å². The zero-order valence-corrected chi connectivity index (χ0v) is 21.1. The molecule has 4 rings (SSSR count). The molecule has 36 heavy (non-hydrogen) atoms. The molecule has 0 radical (unpaired) electrons. The minimum absolute atomic E-state index is 0.303. The molecule has 8 nitrogen and oxygen atoms in total. The number of urea groups is 1. The summed E-state index contributed by atoms with van der Waals surface area (Å²) < 4.78 is 13.1. The summed E-state index contributed by atoms with van der Waals surface area (Å²) in [4.78, 5) is 25.6. The molecular weight excluding hydrogens is 456 g/mol. The van der Waals surface area contributed by atoms with Crippen LogP contribution in [0.3, 0.4) is 0 Å². The number of allylic oxidation sites excluding steroid dienone is 1. The fourth-order valence-corrected chi connectivity index (χ4v) is 4.05. The highest BCUT2D eigenvalue weighted by atomic mass is 16.5. The first-order valence-electron chi connectivity index (χ1n) is 12.2. The van der Waals surface area contributed by atoms with Gasteiger partial charge in [0.1, 0.15) is 5.75 Å². The van der Waals surface area contributed by atoms with Crippen LogP contribution in [-0.4, -0.2) is 34.5 Å². The van der Waals surface area contributed by atoms with Crippen molar-refractivity contribution in [2.75, 3.05) is 6.61 Å². The fraction of sp³-hybridized carbons (Fsp3) is 0.321. The lowest BCUT2D eigenvalue weighted by Gasteiger charge is -2.28. The molecule has 188 valence electrons. The van der Waals surface area contributed by atoms with Gasteiger partial charge in [-0.05, 0) is 63.6 Å². The van der Waals surface area contributed by atoms with Crippen molar-refractivity contribution in [3.63, 3.8) is 0 Å². The molecule has 1 aliphatic rings. The van der Waals surface area contributed by atoms with Crippen LogP contribution in [0.2, 0.25) is 0 Å². The molecule has 1 atom stereocenters. The summed E-state index contributed by atoms with van der Waals surface area (Å²) in [6.07, 6.45) is 3.60. The Labute approximate surface area is 211 Å². The number of nitrogens with one attached hydrogen (secondary N) is 2. The standard InChI is InChI=1S/C28H32N4O4/c1-5-6-16-35-22-14-12-20(13-15-22)25-23(17-32(31-25)21-10-8-7-9-11-21)26-24(27(33)36-18(2)3)19(4)29-28(34)30-26/h7-15,17-18,26H,5-6,16H2,1-4H3,(H2,29,30,34). The van der Waals surface area contributed by atoms with Crippen LogP contribution in [0.5, 0.6) is 5.75 Å². The minimum atomic E-state index is -0.738. The van der Waals surface area contributed by atoms with Crippen molar-refractivity contribution in [1.82, 2.24) is 20.4 Å². The summed E-state index contributed by atoms with van der Waals surface area (Å²) in [6.45, 7) is 8.07. The molecule has 0 saturated carbocycles. The number of rotatable bonds is 9. The molecular formula is C28H32N4O4. The Kier molecular flexibility index (Phi) is 7.73. The molecule has 0 saturated heterocycles. The number of para-hydroxylation sites is 1. The molecule has 3 aromatic rings. The molecule has 1 unspecified atom stereocenters. The second kappa shape index (κ2) is 11.1. The smallest absolute Gasteiger partial charge is 0.338 e. The Morgan fingerprint density at radius 3 is 2.50 bits per heavy atom. The Bertz CT molecular complexity index is 1250. The quantitative estimate of drug-likeness (QED) is 0.315. The van der Waals surface area contributed by atoms with Crippen LogP contribution < -0.4 is 15.4 Å². The van der Waals surface area contributed by atoms with Crippen LogP contribution in [0, 0.1) is 0 Å². The first kappa shape index (κ1) is 25.0. The van der Waals surface area contributed by atoms with Crippen molar-refractivity contribution >= 4 is 12.0 Å². The molecule has 0 bridgehead atoms. The van der Waals surface area contributed by atoms with Gasteiger partial charge >= 0.3 is 12.0 Å². The summed E-state index contributed by atoms with van der Waals surface area (Å²) in [6, 6.07) is 16.3. The van der Waals surface area contributed by atoms with Gasteiger partial charge in [0.25, 0.3) is 0 Å². The Balaban J connectivity index is 1.79. The Hall–Kier alpha value is -4.07. The van der Waals surface area contributed by atoms with E-state index in [1.807, 2.05) is 60.8 Å². The van der Waals surface area contributed by atoms with Crippen molar-refractivity contribution in [2.45, 2.75) is 52.7 Å². The highest BCUT2D eigenvalue weighted by molar-refractivity contribution is 5.95. The maximum Gasteiger partial charge on any atom is 0.338 e. The normalized spacial score (nSPS) is 15.5. The third-order valence-electron chi connectivity index (χ3n) is 5.80. The predicted molar refractivity (Wildman–Crippen MR) is 138 cm³/mol. The largest absolute Gasteiger partial charge is 0.494 e. The molecule has 1 aliphatic heterocycles. The van der Waals surface area contributed by atoms with Crippen molar-refractivity contribution in [3.8, 4) is 22.7 Å². The van der Waals surface area contributed by atoms with Gasteiger partial charge in [-0.3, -0.25) is 0 Å². The van der Waals surface area contributed by atoms with Crippen LogP contribution >= 0.6 is 0 Å². The summed E-state index contributed by atoms with van der Waals surface area (Å²) in [5.41, 5.74) is 3.82. The van der Waals surface area contributed by atoms with E-state index in [2.05, 4.69) is 17.6 Å². The zero-order valence-electron chi connectivity index (χ0n) is 21.1. The van der Waals surface area contributed by atoms with Gasteiger partial charge in [0, 0.05) is 23.0 Å². The number of ether oxygens (including phenoxy) is 2. The number of aromatic nitrogens is 2. The van der Waals surface area contributed by atoms with E-state index in [9.17, 15) is 9.59 Å². The SMILES string of the molecule is CCCCOc1ccc(-c2nn(-c3ccccc3)cc2C2NC(=O)NC(C)=C2C(=O)OC(C)C)cc1. The summed E-state index contributed by atoms with van der Waals surface area (Å²) in [5.74, 6) is 0.293. The molecule has 0 aliphatic carbocycles. The van der Waals surface area contributed by atoms with Crippen molar-refractivity contribution < 1.29 is 19.1 Å². The fourth-order valence-electron chi connectivity index (χ4n) is 4.05. The van der Waals surface area contributed by atoms with Gasteiger partial charge in [0.15, 0.2) is 0 Å². The number of esters is 1. The van der Waals surface area contributed by atoms with E-state index in [0.717, 1.165) is 29.8 Å². The second-order valence-corrected chi connectivity index (χ2v) is 8.96. The molecule has 2 amide bonds. The number of benzene rings is 2. The zero-order chi connectivity index (χ0) is 25.7. The first-order chi connectivity index (χ1) is 17.4. The molecule has 8 heteroatoms. The first-order valence-corrected chi connectivity index (χ1v) is 12.2. The number of unbranched alkanes of at least 4 members (excludes halogenated alkanes) is 1. The van der Waals surface area contributed by atoms with Gasteiger partial charge < -0.3 is 20.1 Å². The maximum atomic E-state index is 13.1. The lowest BCUT2D eigenvalue weighted by atomic mass is 9.93. The topological polar surface area (TPSA) is 94.5 Å². The molecule has 2 heterocycles. The van der Waals surface area contributed by atoms with E-state index >= 15 is 0 Å². The van der Waals surface area contributed by atoms with Gasteiger partial charge in [-0.25, -0.2) is 14.3 Å². The minimum Gasteiger partial charge on any atom is -0.494 e. The second-order valence-electron chi connectivity index (χ2n) is 8.96. The van der Waals surface area contributed by atoms with E-state index in [0.29, 0.717) is 29.1 Å². The number of hydrogen-bond donors (Lipinski definition) is 2. The number of amides is 2. The number of carbonyl (C=O) groups excluding carboxylic acids is 2. The summed E-state index contributed by atoms with van der Waals surface area (Å²) in [7, 11) is 0. The van der Waals surface area contributed by atoms with E-state index in [1.54, 1.807) is 25.5 Å². The van der Waals surface area contributed by atoms with Gasteiger partial charge in [0.2, 0.25) is 0 Å². The van der Waals surface area contributed by atoms with E-state index in [4.69, 9.17) is 14.6 Å². The van der Waals surface area contributed by atoms with Gasteiger partial charge in [0.05, 0.1) is 35.7 Å². The molecule has 2 aromatic carbocycles. The van der Waals surface area contributed by atoms with Crippen LogP contribution in [-0.2, 0) is 9.53 Å². The van der Waals surface area contributed by atoms with E-state index in [1.165, 1.54) is 0 Å². The van der Waals surface area contributed by atoms with Crippen molar-refractivity contribution in [3.05, 3.63) is 77.6 Å². The van der Waals surface area contributed by atoms with Crippen LogP contribution in [0.4, 0.5) is 4.79 Å². The number of nitrogens with zero attached hydrogens (tertiary/aromatic N) is 2. The highest BCUT2D eigenvalue weighted by Crippen LogP contribution is 2.35. The third-order valence-corrected chi connectivity index (χ3v) is 5.80. The average molecular weight is 489 g/mol. The number of hydrogen-bond acceptors (Lipinski definition) is 5. The van der Waals surface area contributed by atoms with E-state index < -0.39 is 18.0 Å². The van der Waals surface area contributed by atoms with Crippen LogP contribution in [0.1, 0.15) is 52.1 Å². The molecule has 0 spiro atoms. The molecule has 2 N–H and O–H groups in total. The van der Waals surface area contributed by atoms with Crippen LogP contribution in [0.15, 0.2) is 72.1 Å². The van der Waals surface area contributed by atoms with Crippen molar-refractivity contribution in [1.29, 1.82) is 0 Å². The van der Waals surface area contributed by atoms with Gasteiger partial charge in [-0.1, -0.05) is 31.5 Å². The lowest BCUT2D eigenvalue weighted by molar-refractivity contribution is -0.143. The predicted octanol–water partition coefficient (Wildman–Crippen LogP) is 5.30. The Morgan fingerprint density at radius 2 is 1.83 bits per heavy atom. The summed E-state index contributed by atoms with van der Waals surface area (Å²) >= 11 is 0. The van der Waals surface area contributed by atoms with E-state index in [-0.39, 0.29) is 6.10 Å². The third kappa shape index (κ3) is 5.59. The molecule has 0 fully saturated rings.